The average Bonchev–Trinajstić information content (AvgIpc) is 2.89. The van der Waals surface area contributed by atoms with E-state index in [-0.39, 0.29) is 13.0 Å². The second-order valence-corrected chi connectivity index (χ2v) is 12.4. The summed E-state index contributed by atoms with van der Waals surface area (Å²) in [5, 5.41) is 41.2. The van der Waals surface area contributed by atoms with Crippen molar-refractivity contribution >= 4 is 27.5 Å². The van der Waals surface area contributed by atoms with E-state index in [1.54, 1.807) is 0 Å². The van der Waals surface area contributed by atoms with Crippen molar-refractivity contribution in [3.05, 3.63) is 0 Å². The Kier molecular flexibility index (Phi) is 19.3. The Morgan fingerprint density at radius 3 is 2.08 bits per heavy atom. The Hall–Kier alpha value is -0.230. The molecule has 1 heterocycles. The van der Waals surface area contributed by atoms with Gasteiger partial charge in [-0.2, -0.15) is 0 Å². The zero-order valence-corrected chi connectivity index (χ0v) is 24.3. The van der Waals surface area contributed by atoms with Crippen molar-refractivity contribution in [3.8, 4) is 0 Å². The van der Waals surface area contributed by atoms with E-state index >= 15 is 0 Å². The summed E-state index contributed by atoms with van der Waals surface area (Å²) in [5.41, 5.74) is 6.20. The summed E-state index contributed by atoms with van der Waals surface area (Å²) in [4.78, 5) is 12.0. The van der Waals surface area contributed by atoms with E-state index in [1.165, 1.54) is 25.7 Å². The molecule has 0 bridgehead atoms. The quantitative estimate of drug-likeness (QED) is 0.0662. The number of aliphatic hydroxyl groups is 4. The van der Waals surface area contributed by atoms with Crippen LogP contribution in [0.1, 0.15) is 38.5 Å². The van der Waals surface area contributed by atoms with Crippen LogP contribution in [0.25, 0.3) is 0 Å². The predicted molar refractivity (Wildman–Crippen MR) is 149 cm³/mol. The van der Waals surface area contributed by atoms with Gasteiger partial charge >= 0.3 is 0 Å². The van der Waals surface area contributed by atoms with E-state index < -0.39 is 43.2 Å². The Labute approximate surface area is 239 Å². The molecule has 1 aliphatic carbocycles. The minimum atomic E-state index is -1.54. The highest BCUT2D eigenvalue weighted by atomic mass is 33.1. The van der Waals surface area contributed by atoms with Crippen molar-refractivity contribution < 1.29 is 48.9 Å². The van der Waals surface area contributed by atoms with Crippen molar-refractivity contribution in [2.45, 2.75) is 75.2 Å². The third-order valence-electron chi connectivity index (χ3n) is 6.73. The van der Waals surface area contributed by atoms with Crippen LogP contribution in [0.15, 0.2) is 0 Å². The fourth-order valence-corrected chi connectivity index (χ4v) is 6.10. The molecule has 7 N–H and O–H groups in total. The number of nitrogens with one attached hydrogen (secondary N) is 1. The van der Waals surface area contributed by atoms with Crippen LogP contribution in [0.5, 0.6) is 0 Å². The molecule has 12 nitrogen and oxygen atoms in total. The fourth-order valence-electron chi connectivity index (χ4n) is 4.13. The SMILES string of the molecule is NC(CCCSSCCOCCOCCOCCOCCC(=O)NC1C(O)OC(CO)C(O)C1O)C1CCC1. The molecule has 0 radical (unpaired) electrons. The number of carbonyl (C=O) groups excluding carboxylic acids is 1. The summed E-state index contributed by atoms with van der Waals surface area (Å²) in [7, 11) is 3.73. The van der Waals surface area contributed by atoms with Crippen molar-refractivity contribution in [1.82, 2.24) is 5.32 Å². The van der Waals surface area contributed by atoms with E-state index in [0.29, 0.717) is 52.3 Å². The van der Waals surface area contributed by atoms with E-state index in [9.17, 15) is 20.1 Å². The lowest BCUT2D eigenvalue weighted by Crippen LogP contribution is -2.64. The molecule has 6 atom stereocenters. The topological polar surface area (TPSA) is 182 Å². The minimum absolute atomic E-state index is 0.00907. The molecule has 0 aromatic rings. The van der Waals surface area contributed by atoms with Crippen LogP contribution in [0.3, 0.4) is 0 Å². The van der Waals surface area contributed by atoms with Gasteiger partial charge in [-0.15, -0.1) is 0 Å². The normalized spacial score (nSPS) is 26.3. The van der Waals surface area contributed by atoms with Gasteiger partial charge in [0, 0.05) is 24.0 Å². The largest absolute Gasteiger partial charge is 0.394 e. The molecule has 0 spiro atoms. The summed E-state index contributed by atoms with van der Waals surface area (Å²) in [6, 6.07) is -0.808. The Morgan fingerprint density at radius 1 is 0.897 bits per heavy atom. The minimum Gasteiger partial charge on any atom is -0.394 e. The van der Waals surface area contributed by atoms with Crippen LogP contribution in [-0.2, 0) is 28.5 Å². The molecule has 1 aliphatic heterocycles. The van der Waals surface area contributed by atoms with Gasteiger partial charge in [0.05, 0.1) is 59.5 Å². The molecule has 14 heteroatoms. The van der Waals surface area contributed by atoms with E-state index in [2.05, 4.69) is 5.32 Å². The standard InChI is InChI=1S/C25H48N2O10S2/c26-19(18-3-1-4-18)5-2-15-38-39-16-14-36-13-12-35-11-10-34-9-8-33-7-6-21(29)27-22-24(31)23(30)20(17-28)37-25(22)32/h18-20,22-25,28,30-32H,1-17,26H2,(H,27,29). The van der Waals surface area contributed by atoms with Gasteiger partial charge in [-0.1, -0.05) is 28.0 Å². The van der Waals surface area contributed by atoms with E-state index in [1.807, 2.05) is 21.6 Å². The number of amides is 1. The molecular weight excluding hydrogens is 552 g/mol. The van der Waals surface area contributed by atoms with Crippen LogP contribution in [0.4, 0.5) is 0 Å². The van der Waals surface area contributed by atoms with Crippen LogP contribution >= 0.6 is 21.6 Å². The van der Waals surface area contributed by atoms with Crippen LogP contribution in [-0.4, -0.2) is 134 Å². The lowest BCUT2D eigenvalue weighted by molar-refractivity contribution is -0.253. The Balaban J connectivity index is 1.28. The molecule has 2 aliphatic rings. The molecule has 2 rings (SSSR count). The molecule has 0 aromatic heterocycles. The van der Waals surface area contributed by atoms with Gasteiger partial charge < -0.3 is 55.2 Å². The van der Waals surface area contributed by atoms with Gasteiger partial charge in [0.15, 0.2) is 6.29 Å². The highest BCUT2D eigenvalue weighted by molar-refractivity contribution is 8.76. The maximum Gasteiger partial charge on any atom is 0.222 e. The summed E-state index contributed by atoms with van der Waals surface area (Å²) in [5.74, 6) is 2.39. The van der Waals surface area contributed by atoms with Crippen LogP contribution in [0.2, 0.25) is 0 Å². The summed E-state index contributed by atoms with van der Waals surface area (Å²) in [6.07, 6.45) is 0.736. The molecule has 1 saturated carbocycles. The van der Waals surface area contributed by atoms with Gasteiger partial charge in [-0.05, 0) is 31.6 Å². The highest BCUT2D eigenvalue weighted by Gasteiger charge is 2.44. The molecular formula is C25H48N2O10S2. The average molecular weight is 601 g/mol. The van der Waals surface area contributed by atoms with E-state index in [4.69, 9.17) is 34.5 Å². The lowest BCUT2D eigenvalue weighted by atomic mass is 9.79. The van der Waals surface area contributed by atoms with Crippen LogP contribution in [0, 0.1) is 5.92 Å². The predicted octanol–water partition coefficient (Wildman–Crippen LogP) is -0.352. The number of rotatable bonds is 23. The van der Waals surface area contributed by atoms with Gasteiger partial charge in [-0.25, -0.2) is 0 Å². The third-order valence-corrected chi connectivity index (χ3v) is 9.19. The van der Waals surface area contributed by atoms with Gasteiger partial charge in [0.2, 0.25) is 5.91 Å². The first kappa shape index (κ1) is 35.0. The first-order valence-corrected chi connectivity index (χ1v) is 16.3. The first-order valence-electron chi connectivity index (χ1n) is 13.8. The Morgan fingerprint density at radius 2 is 1.49 bits per heavy atom. The zero-order valence-electron chi connectivity index (χ0n) is 22.7. The molecule has 1 amide bonds. The number of hydrogen-bond donors (Lipinski definition) is 6. The summed E-state index contributed by atoms with van der Waals surface area (Å²) >= 11 is 0. The summed E-state index contributed by atoms with van der Waals surface area (Å²) < 4.78 is 26.8. The zero-order chi connectivity index (χ0) is 28.3. The number of hydrogen-bond acceptors (Lipinski definition) is 13. The Bertz CT molecular complexity index is 638. The van der Waals surface area contributed by atoms with Crippen LogP contribution < -0.4 is 11.1 Å². The number of nitrogens with two attached hydrogens (primary N) is 1. The summed E-state index contributed by atoms with van der Waals surface area (Å²) in [6.45, 7) is 2.85. The third kappa shape index (κ3) is 14.5. The maximum absolute atomic E-state index is 12.0. The molecule has 2 fully saturated rings. The maximum atomic E-state index is 12.0. The number of aliphatic hydroxyl groups excluding tert-OH is 4. The molecule has 1 saturated heterocycles. The first-order chi connectivity index (χ1) is 18.9. The fraction of sp³-hybridized carbons (Fsp3) is 0.960. The second-order valence-electron chi connectivity index (χ2n) is 9.66. The smallest absolute Gasteiger partial charge is 0.222 e. The van der Waals surface area contributed by atoms with Crippen molar-refractivity contribution in [1.29, 1.82) is 0 Å². The van der Waals surface area contributed by atoms with Gasteiger partial charge in [-0.3, -0.25) is 4.79 Å². The van der Waals surface area contributed by atoms with Crippen molar-refractivity contribution in [3.63, 3.8) is 0 Å². The molecule has 0 aromatic carbocycles. The molecule has 39 heavy (non-hydrogen) atoms. The second kappa shape index (κ2) is 21.5. The molecule has 230 valence electrons. The lowest BCUT2D eigenvalue weighted by Gasteiger charge is -2.40. The van der Waals surface area contributed by atoms with Crippen molar-refractivity contribution in [2.75, 3.05) is 71.0 Å². The van der Waals surface area contributed by atoms with Crippen molar-refractivity contribution in [2.24, 2.45) is 11.7 Å². The highest BCUT2D eigenvalue weighted by Crippen LogP contribution is 2.31. The number of carbonyl (C=O) groups is 1. The monoisotopic (exact) mass is 600 g/mol. The molecule has 6 unspecified atom stereocenters. The van der Waals surface area contributed by atoms with E-state index in [0.717, 1.165) is 23.8 Å². The van der Waals surface area contributed by atoms with Gasteiger partial charge in [0.25, 0.3) is 0 Å². The van der Waals surface area contributed by atoms with Gasteiger partial charge in [0.1, 0.15) is 24.4 Å². The number of ether oxygens (including phenoxy) is 5.